The van der Waals surface area contributed by atoms with Gasteiger partial charge in [-0.1, -0.05) is 32.0 Å². The first-order valence-electron chi connectivity index (χ1n) is 12.0. The fraction of sp³-hybridized carbons (Fsp3) is 0.310. The van der Waals surface area contributed by atoms with Crippen LogP contribution in [0.1, 0.15) is 58.5 Å². The molecule has 0 spiro atoms. The van der Waals surface area contributed by atoms with E-state index in [4.69, 9.17) is 23.7 Å². The van der Waals surface area contributed by atoms with Gasteiger partial charge < -0.3 is 29.0 Å². The number of carbonyl (C=O) groups is 2. The third-order valence-corrected chi connectivity index (χ3v) is 5.72. The zero-order chi connectivity index (χ0) is 26.9. The number of benzene rings is 3. The van der Waals surface area contributed by atoms with Gasteiger partial charge in [0.25, 0.3) is 5.91 Å². The maximum absolute atomic E-state index is 13.3. The Morgan fingerprint density at radius 1 is 0.838 bits per heavy atom. The number of rotatable bonds is 11. The molecule has 0 radical (unpaired) electrons. The SMILES string of the molecule is CCOc1ccc(C(=O)Nc2cc(OC)c(OC)cc2C(=O)OC)cc1COc1ccccc1C(C)C. The number of anilines is 1. The lowest BCUT2D eigenvalue weighted by Crippen LogP contribution is -2.16. The number of hydrogen-bond acceptors (Lipinski definition) is 7. The fourth-order valence-corrected chi connectivity index (χ4v) is 3.83. The van der Waals surface area contributed by atoms with Crippen LogP contribution >= 0.6 is 0 Å². The lowest BCUT2D eigenvalue weighted by Gasteiger charge is -2.17. The van der Waals surface area contributed by atoms with Gasteiger partial charge in [-0.2, -0.15) is 0 Å². The zero-order valence-corrected chi connectivity index (χ0v) is 22.0. The second-order valence-corrected chi connectivity index (χ2v) is 8.44. The highest BCUT2D eigenvalue weighted by molar-refractivity contribution is 6.08. The van der Waals surface area contributed by atoms with E-state index in [-0.39, 0.29) is 17.9 Å². The van der Waals surface area contributed by atoms with Crippen LogP contribution in [0.2, 0.25) is 0 Å². The van der Waals surface area contributed by atoms with E-state index in [0.717, 1.165) is 11.3 Å². The predicted octanol–water partition coefficient (Wildman–Crippen LogP) is 5.84. The Bertz CT molecular complexity index is 1250. The summed E-state index contributed by atoms with van der Waals surface area (Å²) in [5, 5.41) is 2.79. The lowest BCUT2D eigenvalue weighted by atomic mass is 10.0. The van der Waals surface area contributed by atoms with E-state index in [1.165, 1.54) is 33.5 Å². The summed E-state index contributed by atoms with van der Waals surface area (Å²) in [5.41, 5.74) is 2.54. The van der Waals surface area contributed by atoms with Gasteiger partial charge in [0.1, 0.15) is 18.1 Å². The second kappa shape index (κ2) is 12.7. The number of hydrogen-bond donors (Lipinski definition) is 1. The first-order valence-corrected chi connectivity index (χ1v) is 12.0. The van der Waals surface area contributed by atoms with Gasteiger partial charge in [0, 0.05) is 23.3 Å². The minimum absolute atomic E-state index is 0.133. The fourth-order valence-electron chi connectivity index (χ4n) is 3.83. The molecule has 8 nitrogen and oxygen atoms in total. The summed E-state index contributed by atoms with van der Waals surface area (Å²) in [4.78, 5) is 25.6. The Kier molecular flexibility index (Phi) is 9.38. The molecule has 0 heterocycles. The normalized spacial score (nSPS) is 10.6. The molecule has 3 rings (SSSR count). The van der Waals surface area contributed by atoms with Crippen molar-refractivity contribution >= 4 is 17.6 Å². The van der Waals surface area contributed by atoms with E-state index in [0.29, 0.717) is 40.9 Å². The van der Waals surface area contributed by atoms with Crippen molar-refractivity contribution in [1.82, 2.24) is 0 Å². The molecule has 3 aromatic rings. The molecule has 37 heavy (non-hydrogen) atoms. The van der Waals surface area contributed by atoms with Gasteiger partial charge in [-0.05, 0) is 42.7 Å². The van der Waals surface area contributed by atoms with Gasteiger partial charge in [-0.25, -0.2) is 4.79 Å². The van der Waals surface area contributed by atoms with Gasteiger partial charge in [0.2, 0.25) is 0 Å². The first-order chi connectivity index (χ1) is 17.8. The van der Waals surface area contributed by atoms with Crippen molar-refractivity contribution in [2.24, 2.45) is 0 Å². The number of carbonyl (C=O) groups excluding carboxylic acids is 2. The van der Waals surface area contributed by atoms with Gasteiger partial charge in [0.05, 0.1) is 39.2 Å². The molecule has 0 atom stereocenters. The minimum Gasteiger partial charge on any atom is -0.493 e. The van der Waals surface area contributed by atoms with Gasteiger partial charge in [0.15, 0.2) is 11.5 Å². The number of esters is 1. The molecule has 0 unspecified atom stereocenters. The zero-order valence-electron chi connectivity index (χ0n) is 22.0. The number of ether oxygens (including phenoxy) is 5. The summed E-state index contributed by atoms with van der Waals surface area (Å²) in [6, 6.07) is 16.0. The van der Waals surface area contributed by atoms with Crippen LogP contribution in [0.15, 0.2) is 54.6 Å². The molecule has 0 saturated carbocycles. The van der Waals surface area contributed by atoms with Crippen molar-refractivity contribution in [3.8, 4) is 23.0 Å². The molecular formula is C29H33NO7. The quantitative estimate of drug-likeness (QED) is 0.326. The number of nitrogens with one attached hydrogen (secondary N) is 1. The summed E-state index contributed by atoms with van der Waals surface area (Å²) in [7, 11) is 4.19. The van der Waals surface area contributed by atoms with Crippen LogP contribution in [-0.4, -0.2) is 39.8 Å². The molecule has 0 aliphatic heterocycles. The predicted molar refractivity (Wildman–Crippen MR) is 141 cm³/mol. The highest BCUT2D eigenvalue weighted by Gasteiger charge is 2.20. The molecular weight excluding hydrogens is 474 g/mol. The standard InChI is InChI=1S/C29H33NO7/c1-7-36-24-13-12-19(14-20(24)17-37-25-11-9-8-10-21(25)18(2)3)28(31)30-23-16-27(34-5)26(33-4)15-22(23)29(32)35-6/h8-16,18H,7,17H2,1-6H3,(H,30,31). The van der Waals surface area contributed by atoms with Crippen LogP contribution < -0.4 is 24.3 Å². The Balaban J connectivity index is 1.92. The summed E-state index contributed by atoms with van der Waals surface area (Å²) in [6.45, 7) is 6.79. The molecule has 0 saturated heterocycles. The molecule has 0 aliphatic carbocycles. The van der Waals surface area contributed by atoms with E-state index in [2.05, 4.69) is 19.2 Å². The first kappa shape index (κ1) is 27.4. The van der Waals surface area contributed by atoms with Crippen molar-refractivity contribution in [1.29, 1.82) is 0 Å². The van der Waals surface area contributed by atoms with Crippen LogP contribution in [-0.2, 0) is 11.3 Å². The van der Waals surface area contributed by atoms with Gasteiger partial charge >= 0.3 is 5.97 Å². The third-order valence-electron chi connectivity index (χ3n) is 5.72. The van der Waals surface area contributed by atoms with E-state index in [9.17, 15) is 9.59 Å². The van der Waals surface area contributed by atoms with Crippen molar-refractivity contribution in [2.45, 2.75) is 33.3 Å². The summed E-state index contributed by atoms with van der Waals surface area (Å²) < 4.78 is 27.4. The summed E-state index contributed by atoms with van der Waals surface area (Å²) in [6.07, 6.45) is 0. The van der Waals surface area contributed by atoms with Crippen LogP contribution in [0.5, 0.6) is 23.0 Å². The maximum atomic E-state index is 13.3. The average Bonchev–Trinajstić information content (AvgIpc) is 2.91. The summed E-state index contributed by atoms with van der Waals surface area (Å²) >= 11 is 0. The molecule has 196 valence electrons. The van der Waals surface area contributed by atoms with Crippen molar-refractivity contribution in [3.63, 3.8) is 0 Å². The second-order valence-electron chi connectivity index (χ2n) is 8.44. The lowest BCUT2D eigenvalue weighted by molar-refractivity contribution is 0.0601. The smallest absolute Gasteiger partial charge is 0.340 e. The van der Waals surface area contributed by atoms with Crippen molar-refractivity contribution < 1.29 is 33.3 Å². The maximum Gasteiger partial charge on any atom is 0.340 e. The third kappa shape index (κ3) is 6.52. The number of para-hydroxylation sites is 1. The highest BCUT2D eigenvalue weighted by Crippen LogP contribution is 2.34. The molecule has 0 aliphatic rings. The molecule has 0 aromatic heterocycles. The van der Waals surface area contributed by atoms with Crippen LogP contribution in [0.25, 0.3) is 0 Å². The molecule has 8 heteroatoms. The van der Waals surface area contributed by atoms with E-state index < -0.39 is 11.9 Å². The Labute approximate surface area is 217 Å². The Hall–Kier alpha value is -4.20. The molecule has 1 N–H and O–H groups in total. The topological polar surface area (TPSA) is 92.3 Å². The molecule has 1 amide bonds. The van der Waals surface area contributed by atoms with Crippen LogP contribution in [0.4, 0.5) is 5.69 Å². The van der Waals surface area contributed by atoms with Gasteiger partial charge in [-0.3, -0.25) is 4.79 Å². The number of amides is 1. The van der Waals surface area contributed by atoms with Crippen molar-refractivity contribution in [2.75, 3.05) is 33.3 Å². The van der Waals surface area contributed by atoms with Crippen molar-refractivity contribution in [3.05, 3.63) is 76.9 Å². The molecule has 3 aromatic carbocycles. The molecule has 0 bridgehead atoms. The molecule has 0 fully saturated rings. The highest BCUT2D eigenvalue weighted by atomic mass is 16.5. The van der Waals surface area contributed by atoms with Gasteiger partial charge in [-0.15, -0.1) is 0 Å². The Morgan fingerprint density at radius 3 is 2.19 bits per heavy atom. The Morgan fingerprint density at radius 2 is 1.54 bits per heavy atom. The monoisotopic (exact) mass is 507 g/mol. The van der Waals surface area contributed by atoms with E-state index in [1.807, 2.05) is 31.2 Å². The van der Waals surface area contributed by atoms with Crippen LogP contribution in [0.3, 0.4) is 0 Å². The average molecular weight is 508 g/mol. The van der Waals surface area contributed by atoms with Crippen LogP contribution in [0, 0.1) is 0 Å². The minimum atomic E-state index is -0.624. The van der Waals surface area contributed by atoms with E-state index in [1.54, 1.807) is 18.2 Å². The number of methoxy groups -OCH3 is 3. The van der Waals surface area contributed by atoms with E-state index >= 15 is 0 Å². The summed E-state index contributed by atoms with van der Waals surface area (Å²) in [5.74, 6) is 1.35. The largest absolute Gasteiger partial charge is 0.493 e.